The van der Waals surface area contributed by atoms with Gasteiger partial charge in [0.2, 0.25) is 0 Å². The molecule has 1 saturated heterocycles. The second-order valence-corrected chi connectivity index (χ2v) is 7.66. The maximum atomic E-state index is 12.6. The van der Waals surface area contributed by atoms with Crippen molar-refractivity contribution in [3.63, 3.8) is 0 Å². The quantitative estimate of drug-likeness (QED) is 0.729. The van der Waals surface area contributed by atoms with Crippen LogP contribution in [0.25, 0.3) is 0 Å². The first-order chi connectivity index (χ1) is 13.5. The molecule has 1 aromatic rings. The highest BCUT2D eigenvalue weighted by molar-refractivity contribution is 5.95. The average Bonchev–Trinajstić information content (AvgIpc) is 2.69. The van der Waals surface area contributed by atoms with E-state index in [0.717, 1.165) is 31.0 Å². The smallest absolute Gasteiger partial charge is 0.338 e. The predicted molar refractivity (Wildman–Crippen MR) is 110 cm³/mol. The van der Waals surface area contributed by atoms with Crippen LogP contribution in [0.4, 0.5) is 10.5 Å². The second kappa shape index (κ2) is 9.13. The maximum absolute atomic E-state index is 12.6. The number of carbonyl (C=O) groups is 2. The molecule has 2 aliphatic rings. The molecule has 2 N–H and O–H groups in total. The van der Waals surface area contributed by atoms with Gasteiger partial charge in [0.25, 0.3) is 0 Å². The molecule has 3 rings (SSSR count). The van der Waals surface area contributed by atoms with Crippen LogP contribution in [0.2, 0.25) is 0 Å². The van der Waals surface area contributed by atoms with Crippen LogP contribution in [0.15, 0.2) is 35.5 Å². The molecule has 6 heteroatoms. The highest BCUT2D eigenvalue weighted by Crippen LogP contribution is 2.31. The van der Waals surface area contributed by atoms with E-state index in [1.165, 1.54) is 18.5 Å². The highest BCUT2D eigenvalue weighted by Gasteiger charge is 2.33. The Labute approximate surface area is 167 Å². The second-order valence-electron chi connectivity index (χ2n) is 7.66. The number of rotatable bonds is 6. The molecule has 2 amide bonds. The number of hydrogen-bond donors (Lipinski definition) is 2. The Morgan fingerprint density at radius 3 is 2.46 bits per heavy atom. The van der Waals surface area contributed by atoms with Gasteiger partial charge in [0.1, 0.15) is 0 Å². The van der Waals surface area contributed by atoms with Crippen LogP contribution in [0.5, 0.6) is 0 Å². The van der Waals surface area contributed by atoms with Gasteiger partial charge in [-0.25, -0.2) is 9.59 Å². The van der Waals surface area contributed by atoms with Gasteiger partial charge >= 0.3 is 12.0 Å². The summed E-state index contributed by atoms with van der Waals surface area (Å²) in [6.45, 7) is 8.55. The number of nitrogens with zero attached hydrogens (tertiary/aromatic N) is 1. The van der Waals surface area contributed by atoms with Crippen molar-refractivity contribution in [3.05, 3.63) is 41.1 Å². The van der Waals surface area contributed by atoms with Crippen LogP contribution < -0.4 is 15.5 Å². The lowest BCUT2D eigenvalue weighted by atomic mass is 9.93. The molecule has 0 aliphatic carbocycles. The summed E-state index contributed by atoms with van der Waals surface area (Å²) in [4.78, 5) is 27.2. The number of nitrogens with one attached hydrogen (secondary N) is 2. The van der Waals surface area contributed by atoms with Crippen LogP contribution in [0, 0.1) is 5.92 Å². The average molecular weight is 386 g/mol. The Morgan fingerprint density at radius 1 is 1.18 bits per heavy atom. The molecule has 1 unspecified atom stereocenters. The van der Waals surface area contributed by atoms with Crippen molar-refractivity contribution in [1.82, 2.24) is 10.6 Å². The lowest BCUT2D eigenvalue weighted by Crippen LogP contribution is -2.46. The standard InChI is InChI=1S/C22H31N3O3/c1-4-6-18-19(21(26)28-5-2)20(24-22(27)23-18)16-7-9-17(10-8-16)25-13-11-15(3)12-14-25/h7-10,15,20H,4-6,11-14H2,1-3H3,(H2,23,24,27). The molecule has 0 radical (unpaired) electrons. The number of esters is 1. The van der Waals surface area contributed by atoms with Gasteiger partial charge in [-0.2, -0.15) is 0 Å². The van der Waals surface area contributed by atoms with Crippen molar-refractivity contribution in [2.45, 2.75) is 52.5 Å². The number of carbonyl (C=O) groups excluding carboxylic acids is 2. The van der Waals surface area contributed by atoms with Crippen molar-refractivity contribution in [1.29, 1.82) is 0 Å². The lowest BCUT2D eigenvalue weighted by molar-refractivity contribution is -0.139. The molecular weight excluding hydrogens is 354 g/mol. The Kier molecular flexibility index (Phi) is 6.60. The van der Waals surface area contributed by atoms with Crippen molar-refractivity contribution < 1.29 is 14.3 Å². The van der Waals surface area contributed by atoms with Gasteiger partial charge in [-0.05, 0) is 49.8 Å². The molecule has 152 valence electrons. The molecule has 6 nitrogen and oxygen atoms in total. The fraction of sp³-hybridized carbons (Fsp3) is 0.545. The first kappa shape index (κ1) is 20.2. The third-order valence-corrected chi connectivity index (χ3v) is 5.52. The van der Waals surface area contributed by atoms with Crippen LogP contribution in [0.3, 0.4) is 0 Å². The van der Waals surface area contributed by atoms with E-state index in [4.69, 9.17) is 4.74 Å². The number of amides is 2. The topological polar surface area (TPSA) is 70.7 Å². The molecule has 2 heterocycles. The van der Waals surface area contributed by atoms with Gasteiger partial charge in [0.15, 0.2) is 0 Å². The maximum Gasteiger partial charge on any atom is 0.338 e. The number of ether oxygens (including phenoxy) is 1. The molecule has 2 aliphatic heterocycles. The summed E-state index contributed by atoms with van der Waals surface area (Å²) in [5.74, 6) is 0.410. The summed E-state index contributed by atoms with van der Waals surface area (Å²) in [6.07, 6.45) is 3.88. The van der Waals surface area contributed by atoms with E-state index in [2.05, 4.69) is 34.6 Å². The van der Waals surface area contributed by atoms with Crippen LogP contribution in [0.1, 0.15) is 58.1 Å². The number of piperidine rings is 1. The zero-order valence-corrected chi connectivity index (χ0v) is 17.1. The minimum Gasteiger partial charge on any atom is -0.463 e. The van der Waals surface area contributed by atoms with E-state index in [1.807, 2.05) is 19.1 Å². The SMILES string of the molecule is CCCC1=C(C(=O)OCC)C(c2ccc(N3CCC(C)CC3)cc2)NC(=O)N1. The zero-order chi connectivity index (χ0) is 20.1. The third kappa shape index (κ3) is 4.49. The molecule has 0 saturated carbocycles. The van der Waals surface area contributed by atoms with Crippen molar-refractivity contribution >= 4 is 17.7 Å². The fourth-order valence-corrected chi connectivity index (χ4v) is 3.91. The predicted octanol–water partition coefficient (Wildman–Crippen LogP) is 3.89. The molecule has 0 bridgehead atoms. The van der Waals surface area contributed by atoms with Crippen molar-refractivity contribution in [2.24, 2.45) is 5.92 Å². The fourth-order valence-electron chi connectivity index (χ4n) is 3.91. The Morgan fingerprint density at radius 2 is 1.86 bits per heavy atom. The van der Waals surface area contributed by atoms with E-state index in [1.54, 1.807) is 6.92 Å². The highest BCUT2D eigenvalue weighted by atomic mass is 16.5. The molecule has 0 spiro atoms. The first-order valence-corrected chi connectivity index (χ1v) is 10.4. The number of benzene rings is 1. The number of allylic oxidation sites excluding steroid dienone is 1. The van der Waals surface area contributed by atoms with Crippen LogP contribution >= 0.6 is 0 Å². The summed E-state index contributed by atoms with van der Waals surface area (Å²) < 4.78 is 5.28. The van der Waals surface area contributed by atoms with Crippen LogP contribution in [-0.4, -0.2) is 31.7 Å². The Hall–Kier alpha value is -2.50. The summed E-state index contributed by atoms with van der Waals surface area (Å²) >= 11 is 0. The van der Waals surface area contributed by atoms with Gasteiger partial charge in [-0.15, -0.1) is 0 Å². The summed E-state index contributed by atoms with van der Waals surface area (Å²) in [5.41, 5.74) is 3.23. The van der Waals surface area contributed by atoms with Crippen LogP contribution in [-0.2, 0) is 9.53 Å². The summed E-state index contributed by atoms with van der Waals surface area (Å²) in [5, 5.41) is 5.69. The molecular formula is C22H31N3O3. The molecule has 1 aromatic carbocycles. The molecule has 28 heavy (non-hydrogen) atoms. The lowest BCUT2D eigenvalue weighted by Gasteiger charge is -2.33. The Bertz CT molecular complexity index is 734. The molecule has 0 aromatic heterocycles. The van der Waals surface area contributed by atoms with Gasteiger partial charge in [-0.1, -0.05) is 32.4 Å². The van der Waals surface area contributed by atoms with Gasteiger partial charge in [0.05, 0.1) is 18.2 Å². The van der Waals surface area contributed by atoms with Gasteiger partial charge < -0.3 is 20.3 Å². The van der Waals surface area contributed by atoms with E-state index in [0.29, 0.717) is 24.3 Å². The van der Waals surface area contributed by atoms with E-state index >= 15 is 0 Å². The Balaban J connectivity index is 1.87. The third-order valence-electron chi connectivity index (χ3n) is 5.52. The largest absolute Gasteiger partial charge is 0.463 e. The first-order valence-electron chi connectivity index (χ1n) is 10.4. The normalized spacial score (nSPS) is 20.6. The summed E-state index contributed by atoms with van der Waals surface area (Å²) in [7, 11) is 0. The van der Waals surface area contributed by atoms with E-state index < -0.39 is 6.04 Å². The van der Waals surface area contributed by atoms with Crippen molar-refractivity contribution in [2.75, 3.05) is 24.6 Å². The number of anilines is 1. The van der Waals surface area contributed by atoms with Gasteiger partial charge in [0, 0.05) is 24.5 Å². The number of hydrogen-bond acceptors (Lipinski definition) is 4. The van der Waals surface area contributed by atoms with E-state index in [9.17, 15) is 9.59 Å². The van der Waals surface area contributed by atoms with E-state index in [-0.39, 0.29) is 12.0 Å². The monoisotopic (exact) mass is 385 g/mol. The molecule has 1 fully saturated rings. The van der Waals surface area contributed by atoms with Crippen molar-refractivity contribution in [3.8, 4) is 0 Å². The minimum absolute atomic E-state index is 0.282. The minimum atomic E-state index is -0.496. The van der Waals surface area contributed by atoms with Gasteiger partial charge in [-0.3, -0.25) is 0 Å². The zero-order valence-electron chi connectivity index (χ0n) is 17.1. The molecule has 1 atom stereocenters. The summed E-state index contributed by atoms with van der Waals surface area (Å²) in [6, 6.07) is 7.41. The number of urea groups is 1.